The Morgan fingerprint density at radius 3 is 2.66 bits per heavy atom. The molecule has 4 rings (SSSR count). The van der Waals surface area contributed by atoms with Gasteiger partial charge in [-0.1, -0.05) is 46.1 Å². The fourth-order valence-electron chi connectivity index (χ4n) is 7.24. The van der Waals surface area contributed by atoms with Gasteiger partial charge in [0.1, 0.15) is 12.2 Å². The summed E-state index contributed by atoms with van der Waals surface area (Å²) in [5.41, 5.74) is -1.64. The number of aliphatic hydroxyl groups excluding tert-OH is 1. The van der Waals surface area contributed by atoms with E-state index in [2.05, 4.69) is 13.5 Å². The molecule has 10 atom stereocenters. The molecule has 0 radical (unpaired) electrons. The zero-order chi connectivity index (χ0) is 25.5. The lowest BCUT2D eigenvalue weighted by molar-refractivity contribution is -0.209. The van der Waals surface area contributed by atoms with E-state index in [1.54, 1.807) is 6.92 Å². The standard InChI is InChI=1S/C28H44O7/c1-6-7-8-9-10-11-22(30)34-21-15-19(29)16(2)14-20-24-23-18(12-13-27(24,4)32)17(3)26(31)35-28(21,5)25(23)33-20/h17-21,23-25,29,32H,2,6-15H2,1,3-5H3/t17-,18+,19-,20+,21-,23+,24+,25+,27-,28+/m1/s1. The van der Waals surface area contributed by atoms with E-state index in [1.165, 1.54) is 0 Å². The number of carbonyl (C=O) groups excluding carboxylic acids is 2. The fraction of sp³-hybridized carbons (Fsp3) is 0.857. The van der Waals surface area contributed by atoms with Crippen LogP contribution < -0.4 is 0 Å². The van der Waals surface area contributed by atoms with Crippen molar-refractivity contribution in [2.75, 3.05) is 0 Å². The van der Waals surface area contributed by atoms with Crippen LogP contribution in [0.3, 0.4) is 0 Å². The van der Waals surface area contributed by atoms with Gasteiger partial charge in [-0.05, 0) is 51.0 Å². The van der Waals surface area contributed by atoms with Crippen molar-refractivity contribution >= 4 is 11.9 Å². The third kappa shape index (κ3) is 4.93. The van der Waals surface area contributed by atoms with Crippen molar-refractivity contribution in [2.45, 2.75) is 128 Å². The Bertz CT molecular complexity index is 822. The third-order valence-corrected chi connectivity index (χ3v) is 9.35. The van der Waals surface area contributed by atoms with Crippen LogP contribution in [0.1, 0.15) is 91.9 Å². The second kappa shape index (κ2) is 10.1. The van der Waals surface area contributed by atoms with Crippen LogP contribution in [0.4, 0.5) is 0 Å². The van der Waals surface area contributed by atoms with Gasteiger partial charge < -0.3 is 24.4 Å². The van der Waals surface area contributed by atoms with Crippen LogP contribution in [0.5, 0.6) is 0 Å². The lowest BCUT2D eigenvalue weighted by atomic mass is 9.58. The molecule has 4 aliphatic rings. The highest BCUT2D eigenvalue weighted by Crippen LogP contribution is 2.59. The van der Waals surface area contributed by atoms with Crippen molar-refractivity contribution in [2.24, 2.45) is 23.7 Å². The van der Waals surface area contributed by atoms with E-state index in [-0.39, 0.29) is 54.6 Å². The van der Waals surface area contributed by atoms with Crippen molar-refractivity contribution in [3.8, 4) is 0 Å². The molecule has 3 aliphatic heterocycles. The topological polar surface area (TPSA) is 102 Å². The second-order valence-corrected chi connectivity index (χ2v) is 11.9. The molecular formula is C28H44O7. The number of hydrogen-bond donors (Lipinski definition) is 2. The molecular weight excluding hydrogens is 448 g/mol. The largest absolute Gasteiger partial charge is 0.458 e. The normalized spacial score (nSPS) is 45.1. The van der Waals surface area contributed by atoms with Crippen molar-refractivity contribution in [3.63, 3.8) is 0 Å². The maximum Gasteiger partial charge on any atom is 0.309 e. The lowest BCUT2D eigenvalue weighted by Gasteiger charge is -2.47. The first kappa shape index (κ1) is 26.6. The van der Waals surface area contributed by atoms with E-state index in [4.69, 9.17) is 14.2 Å². The molecule has 2 N–H and O–H groups in total. The predicted molar refractivity (Wildman–Crippen MR) is 130 cm³/mol. The number of esters is 2. The molecule has 7 heteroatoms. The van der Waals surface area contributed by atoms with E-state index < -0.39 is 29.5 Å². The maximum absolute atomic E-state index is 13.3. The van der Waals surface area contributed by atoms with Crippen molar-refractivity contribution in [1.82, 2.24) is 0 Å². The number of ether oxygens (including phenoxy) is 3. The molecule has 0 aromatic rings. The van der Waals surface area contributed by atoms with Gasteiger partial charge in [-0.25, -0.2) is 0 Å². The Morgan fingerprint density at radius 2 is 1.94 bits per heavy atom. The highest BCUT2D eigenvalue weighted by Gasteiger charge is 2.67. The summed E-state index contributed by atoms with van der Waals surface area (Å²) in [6, 6.07) is 0. The molecule has 198 valence electrons. The van der Waals surface area contributed by atoms with Gasteiger partial charge in [0, 0.05) is 24.7 Å². The van der Waals surface area contributed by atoms with Gasteiger partial charge in [0.2, 0.25) is 0 Å². The van der Waals surface area contributed by atoms with E-state index in [0.29, 0.717) is 24.8 Å². The summed E-state index contributed by atoms with van der Waals surface area (Å²) >= 11 is 0. The van der Waals surface area contributed by atoms with Gasteiger partial charge in [-0.3, -0.25) is 9.59 Å². The monoisotopic (exact) mass is 492 g/mol. The van der Waals surface area contributed by atoms with Gasteiger partial charge in [-0.2, -0.15) is 0 Å². The summed E-state index contributed by atoms with van der Waals surface area (Å²) in [5.74, 6) is -1.36. The summed E-state index contributed by atoms with van der Waals surface area (Å²) < 4.78 is 18.8. The second-order valence-electron chi connectivity index (χ2n) is 11.9. The number of unbranched alkanes of at least 4 members (excludes halogenated alkanes) is 4. The Hall–Kier alpha value is -1.44. The minimum absolute atomic E-state index is 0.0112. The van der Waals surface area contributed by atoms with E-state index >= 15 is 0 Å². The van der Waals surface area contributed by atoms with Gasteiger partial charge in [0.15, 0.2) is 5.60 Å². The number of carbonyl (C=O) groups is 2. The van der Waals surface area contributed by atoms with Crippen LogP contribution in [-0.2, 0) is 23.8 Å². The Morgan fingerprint density at radius 1 is 1.23 bits per heavy atom. The van der Waals surface area contributed by atoms with Crippen LogP contribution in [-0.4, -0.2) is 57.8 Å². The minimum atomic E-state index is -1.27. The number of aliphatic hydroxyl groups is 2. The van der Waals surface area contributed by atoms with Gasteiger partial charge >= 0.3 is 11.9 Å². The molecule has 1 aliphatic carbocycles. The van der Waals surface area contributed by atoms with Crippen LogP contribution in [0.15, 0.2) is 12.2 Å². The van der Waals surface area contributed by atoms with Crippen LogP contribution in [0, 0.1) is 23.7 Å². The SMILES string of the molecule is C=C1C[C@@H]2O[C@H]3[C@H]4[C@@H](CC[C@@](C)(O)[C@H]42)[C@@H](C)C(=O)O[C@@]3(C)[C@H](OC(=O)CCCCCCC)C[C@H]1O. The molecule has 1 saturated carbocycles. The van der Waals surface area contributed by atoms with Gasteiger partial charge in [-0.15, -0.1) is 0 Å². The molecule has 0 amide bonds. The predicted octanol–water partition coefficient (Wildman–Crippen LogP) is 4.08. The molecule has 0 aromatic heterocycles. The lowest BCUT2D eigenvalue weighted by Crippen LogP contribution is -2.58. The number of fused-ring (bicyclic) bond motifs is 2. The maximum atomic E-state index is 13.3. The van der Waals surface area contributed by atoms with E-state index in [0.717, 1.165) is 32.1 Å². The van der Waals surface area contributed by atoms with Crippen LogP contribution >= 0.6 is 0 Å². The first-order valence-corrected chi connectivity index (χ1v) is 13.7. The molecule has 0 unspecified atom stereocenters. The number of rotatable bonds is 7. The van der Waals surface area contributed by atoms with Crippen molar-refractivity contribution in [1.29, 1.82) is 0 Å². The molecule has 3 saturated heterocycles. The first-order valence-electron chi connectivity index (χ1n) is 13.7. The quantitative estimate of drug-likeness (QED) is 0.314. The molecule has 0 spiro atoms. The summed E-state index contributed by atoms with van der Waals surface area (Å²) in [5, 5.41) is 22.4. The van der Waals surface area contributed by atoms with Crippen molar-refractivity contribution < 1.29 is 34.0 Å². The Labute approximate surface area is 209 Å². The summed E-state index contributed by atoms with van der Waals surface area (Å²) in [6.07, 6.45) is 4.46. The van der Waals surface area contributed by atoms with Gasteiger partial charge in [0.25, 0.3) is 0 Å². The molecule has 2 bridgehead atoms. The first-order chi connectivity index (χ1) is 16.5. The summed E-state index contributed by atoms with van der Waals surface area (Å²) in [6.45, 7) is 11.8. The molecule has 35 heavy (non-hydrogen) atoms. The highest BCUT2D eigenvalue weighted by molar-refractivity contribution is 5.74. The summed E-state index contributed by atoms with van der Waals surface area (Å²) in [7, 11) is 0. The Kier molecular flexibility index (Phi) is 7.71. The summed E-state index contributed by atoms with van der Waals surface area (Å²) in [4.78, 5) is 26.2. The number of hydrogen-bond acceptors (Lipinski definition) is 7. The molecule has 7 nitrogen and oxygen atoms in total. The van der Waals surface area contributed by atoms with Crippen molar-refractivity contribution in [3.05, 3.63) is 12.2 Å². The van der Waals surface area contributed by atoms with Gasteiger partial charge in [0.05, 0.1) is 23.7 Å². The third-order valence-electron chi connectivity index (χ3n) is 9.35. The Balaban J connectivity index is 1.67. The highest BCUT2D eigenvalue weighted by atomic mass is 16.6. The van der Waals surface area contributed by atoms with E-state index in [1.807, 2.05) is 13.8 Å². The van der Waals surface area contributed by atoms with Crippen LogP contribution in [0.25, 0.3) is 0 Å². The molecule has 0 aromatic carbocycles. The molecule has 4 fully saturated rings. The average Bonchev–Trinajstić information content (AvgIpc) is 3.16. The fourth-order valence-corrected chi connectivity index (χ4v) is 7.24. The van der Waals surface area contributed by atoms with E-state index in [9.17, 15) is 19.8 Å². The smallest absolute Gasteiger partial charge is 0.309 e. The zero-order valence-corrected chi connectivity index (χ0v) is 21.8. The average molecular weight is 493 g/mol. The molecule has 3 heterocycles. The zero-order valence-electron chi connectivity index (χ0n) is 21.8. The minimum Gasteiger partial charge on any atom is -0.458 e. The van der Waals surface area contributed by atoms with Crippen LogP contribution in [0.2, 0.25) is 0 Å².